The van der Waals surface area contributed by atoms with Gasteiger partial charge in [0.1, 0.15) is 11.5 Å². The third kappa shape index (κ3) is 3.83. The molecule has 0 radical (unpaired) electrons. The fourth-order valence-electron chi connectivity index (χ4n) is 5.21. The highest BCUT2D eigenvalue weighted by atomic mass is 16.6. The van der Waals surface area contributed by atoms with Gasteiger partial charge in [0.15, 0.2) is 0 Å². The lowest BCUT2D eigenvalue weighted by atomic mass is 9.74. The third-order valence-electron chi connectivity index (χ3n) is 6.64. The van der Waals surface area contributed by atoms with Gasteiger partial charge in [0, 0.05) is 11.5 Å². The van der Waals surface area contributed by atoms with Crippen LogP contribution < -0.4 is 0 Å². The van der Waals surface area contributed by atoms with Gasteiger partial charge in [0.25, 0.3) is 0 Å². The Labute approximate surface area is 168 Å². The van der Waals surface area contributed by atoms with E-state index in [0.29, 0.717) is 19.4 Å². The van der Waals surface area contributed by atoms with Gasteiger partial charge in [0.05, 0.1) is 19.1 Å². The Morgan fingerprint density at radius 2 is 1.79 bits per heavy atom. The second kappa shape index (κ2) is 9.10. The molecule has 0 saturated heterocycles. The molecule has 0 aromatic carbocycles. The number of rotatable bonds is 10. The molecule has 0 aromatic rings. The van der Waals surface area contributed by atoms with E-state index in [4.69, 9.17) is 14.2 Å². The molecule has 2 rings (SSSR count). The molecule has 0 N–H and O–H groups in total. The molecule has 2 bridgehead atoms. The van der Waals surface area contributed by atoms with E-state index in [1.165, 1.54) is 0 Å². The zero-order valence-corrected chi connectivity index (χ0v) is 17.6. The Hall–Kier alpha value is -1.85. The van der Waals surface area contributed by atoms with Gasteiger partial charge < -0.3 is 14.2 Å². The number of fused-ring (bicyclic) bond motifs is 2. The zero-order chi connectivity index (χ0) is 20.9. The summed E-state index contributed by atoms with van der Waals surface area (Å²) in [6.45, 7) is 11.8. The monoisotopic (exact) mass is 394 g/mol. The van der Waals surface area contributed by atoms with Gasteiger partial charge in [-0.2, -0.15) is 0 Å². The van der Waals surface area contributed by atoms with Crippen LogP contribution in [0, 0.1) is 23.2 Å². The molecule has 0 spiro atoms. The van der Waals surface area contributed by atoms with E-state index in [1.807, 2.05) is 13.8 Å². The lowest BCUT2D eigenvalue weighted by molar-refractivity contribution is -0.185. The largest absolute Gasteiger partial charge is 0.466 e. The zero-order valence-electron chi connectivity index (χ0n) is 17.6. The van der Waals surface area contributed by atoms with E-state index < -0.39 is 40.8 Å². The van der Waals surface area contributed by atoms with Crippen molar-refractivity contribution in [3.8, 4) is 0 Å². The number of esters is 3. The van der Waals surface area contributed by atoms with Crippen molar-refractivity contribution in [3.63, 3.8) is 0 Å². The summed E-state index contributed by atoms with van der Waals surface area (Å²) in [7, 11) is 0. The maximum absolute atomic E-state index is 13.1. The first-order chi connectivity index (χ1) is 13.3. The number of ether oxygens (including phenoxy) is 3. The molecular formula is C22H34O6. The second-order valence-corrected chi connectivity index (χ2v) is 8.37. The van der Waals surface area contributed by atoms with E-state index in [2.05, 4.69) is 13.5 Å². The lowest BCUT2D eigenvalue weighted by Crippen LogP contribution is -2.52. The fourth-order valence-corrected chi connectivity index (χ4v) is 5.21. The van der Waals surface area contributed by atoms with Gasteiger partial charge in [-0.25, -0.2) is 4.79 Å². The Morgan fingerprint density at radius 3 is 2.39 bits per heavy atom. The molecule has 28 heavy (non-hydrogen) atoms. The van der Waals surface area contributed by atoms with E-state index in [-0.39, 0.29) is 12.5 Å². The second-order valence-electron chi connectivity index (χ2n) is 8.37. The Kier molecular flexibility index (Phi) is 7.29. The van der Waals surface area contributed by atoms with Crippen molar-refractivity contribution in [1.29, 1.82) is 0 Å². The highest BCUT2D eigenvalue weighted by Crippen LogP contribution is 2.67. The summed E-state index contributed by atoms with van der Waals surface area (Å²) >= 11 is 0. The smallest absolute Gasteiger partial charge is 0.330 e. The molecule has 6 nitrogen and oxygen atoms in total. The highest BCUT2D eigenvalue weighted by molar-refractivity contribution is 5.87. The van der Waals surface area contributed by atoms with E-state index in [1.54, 1.807) is 6.92 Å². The molecule has 2 saturated carbocycles. The molecule has 4 atom stereocenters. The van der Waals surface area contributed by atoms with Crippen molar-refractivity contribution in [2.75, 3.05) is 13.2 Å². The molecule has 0 amide bonds. The maximum Gasteiger partial charge on any atom is 0.330 e. The van der Waals surface area contributed by atoms with Crippen LogP contribution >= 0.6 is 0 Å². The molecule has 2 aliphatic carbocycles. The Morgan fingerprint density at radius 1 is 1.07 bits per heavy atom. The maximum atomic E-state index is 13.1. The fraction of sp³-hybridized carbons (Fsp3) is 0.773. The summed E-state index contributed by atoms with van der Waals surface area (Å²) in [5, 5.41) is 0. The Balaban J connectivity index is 2.31. The van der Waals surface area contributed by atoms with Crippen LogP contribution in [0.4, 0.5) is 0 Å². The summed E-state index contributed by atoms with van der Waals surface area (Å²) in [4.78, 5) is 38.0. The predicted molar refractivity (Wildman–Crippen MR) is 104 cm³/mol. The highest BCUT2D eigenvalue weighted by Gasteiger charge is 2.75. The SMILES string of the molecule is C=CC(=O)OC12CCC(C(C(=O)OCC)C1C(=O)OCCCCCC)C2(C)C. The van der Waals surface area contributed by atoms with Gasteiger partial charge >= 0.3 is 17.9 Å². The average Bonchev–Trinajstić information content (AvgIpc) is 3.01. The third-order valence-corrected chi connectivity index (χ3v) is 6.64. The van der Waals surface area contributed by atoms with Crippen LogP contribution in [-0.4, -0.2) is 36.7 Å². The first kappa shape index (κ1) is 22.4. The molecule has 2 fully saturated rings. The summed E-state index contributed by atoms with van der Waals surface area (Å²) < 4.78 is 16.7. The summed E-state index contributed by atoms with van der Waals surface area (Å²) in [6, 6.07) is 0. The number of hydrogen-bond acceptors (Lipinski definition) is 6. The van der Waals surface area contributed by atoms with Crippen molar-refractivity contribution in [2.45, 2.75) is 71.8 Å². The van der Waals surface area contributed by atoms with Crippen molar-refractivity contribution < 1.29 is 28.6 Å². The van der Waals surface area contributed by atoms with Crippen LogP contribution in [0.5, 0.6) is 0 Å². The van der Waals surface area contributed by atoms with Gasteiger partial charge in [-0.3, -0.25) is 9.59 Å². The Bertz CT molecular complexity index is 610. The summed E-state index contributed by atoms with van der Waals surface area (Å²) in [5.41, 5.74) is -1.63. The van der Waals surface area contributed by atoms with Gasteiger partial charge in [0.2, 0.25) is 0 Å². The first-order valence-corrected chi connectivity index (χ1v) is 10.5. The number of unbranched alkanes of at least 4 members (excludes halogenated alkanes) is 3. The molecule has 0 aliphatic heterocycles. The molecule has 2 aliphatic rings. The molecule has 6 heteroatoms. The van der Waals surface area contributed by atoms with E-state index in [0.717, 1.165) is 31.8 Å². The minimum Gasteiger partial charge on any atom is -0.466 e. The summed E-state index contributed by atoms with van der Waals surface area (Å²) in [6.07, 6.45) is 6.27. The molecular weight excluding hydrogens is 360 g/mol. The molecule has 0 heterocycles. The van der Waals surface area contributed by atoms with E-state index >= 15 is 0 Å². The standard InChI is InChI=1S/C22H34O6/c1-6-9-10-11-14-27-20(25)18-17(19(24)26-8-3)15-12-13-22(18,21(15,4)5)28-16(23)7-2/h7,15,17-18H,2,6,8-14H2,1,3-5H3. The van der Waals surface area contributed by atoms with Crippen LogP contribution in [0.3, 0.4) is 0 Å². The molecule has 158 valence electrons. The van der Waals surface area contributed by atoms with Gasteiger partial charge in [-0.05, 0) is 32.1 Å². The van der Waals surface area contributed by atoms with Crippen LogP contribution in [0.15, 0.2) is 12.7 Å². The van der Waals surface area contributed by atoms with Crippen LogP contribution in [-0.2, 0) is 28.6 Å². The van der Waals surface area contributed by atoms with E-state index in [9.17, 15) is 14.4 Å². The topological polar surface area (TPSA) is 78.9 Å². The van der Waals surface area contributed by atoms with Crippen LogP contribution in [0.25, 0.3) is 0 Å². The first-order valence-electron chi connectivity index (χ1n) is 10.5. The quantitative estimate of drug-likeness (QED) is 0.243. The number of carbonyl (C=O) groups is 3. The van der Waals surface area contributed by atoms with Crippen molar-refractivity contribution in [2.24, 2.45) is 23.2 Å². The number of carbonyl (C=O) groups excluding carboxylic acids is 3. The van der Waals surface area contributed by atoms with Crippen molar-refractivity contribution in [1.82, 2.24) is 0 Å². The normalized spacial score (nSPS) is 29.9. The minimum atomic E-state index is -1.08. The predicted octanol–water partition coefficient (Wildman–Crippen LogP) is 3.82. The van der Waals surface area contributed by atoms with Crippen LogP contribution in [0.2, 0.25) is 0 Å². The average molecular weight is 395 g/mol. The molecule has 0 aromatic heterocycles. The van der Waals surface area contributed by atoms with Gasteiger partial charge in [-0.15, -0.1) is 0 Å². The van der Waals surface area contributed by atoms with Crippen LogP contribution in [0.1, 0.15) is 66.2 Å². The minimum absolute atomic E-state index is 0.109. The molecule has 4 unspecified atom stereocenters. The summed E-state index contributed by atoms with van der Waals surface area (Å²) in [5.74, 6) is -3.09. The van der Waals surface area contributed by atoms with Gasteiger partial charge in [-0.1, -0.05) is 46.6 Å². The van der Waals surface area contributed by atoms with Crippen molar-refractivity contribution >= 4 is 17.9 Å². The van der Waals surface area contributed by atoms with Crippen molar-refractivity contribution in [3.05, 3.63) is 12.7 Å². The number of hydrogen-bond donors (Lipinski definition) is 0. The lowest BCUT2D eigenvalue weighted by Gasteiger charge is -2.40.